The van der Waals surface area contributed by atoms with Gasteiger partial charge in [-0.2, -0.15) is 4.98 Å². The van der Waals surface area contributed by atoms with Crippen LogP contribution >= 0.6 is 0 Å². The van der Waals surface area contributed by atoms with Crippen molar-refractivity contribution < 1.29 is 5.48 Å². The number of nitrogens with zero attached hydrogens (tertiary/aromatic N) is 2. The molecule has 0 amide bonds. The molecule has 0 spiro atoms. The topological polar surface area (TPSA) is 99.1 Å². The number of hydrogen-bond acceptors (Lipinski definition) is 3. The van der Waals surface area contributed by atoms with E-state index < -0.39 is 0 Å². The van der Waals surface area contributed by atoms with Crippen LogP contribution in [-0.2, 0) is 0 Å². The molecular weight excluding hydrogens is 144 g/mol. The van der Waals surface area contributed by atoms with Gasteiger partial charge in [-0.15, -0.1) is 0 Å². The lowest BCUT2D eigenvalue weighted by atomic mass is 10.4. The highest BCUT2D eigenvalue weighted by Gasteiger charge is 1.96. The molecule has 0 atom stereocenters. The van der Waals surface area contributed by atoms with Gasteiger partial charge in [0.2, 0.25) is 0 Å². The van der Waals surface area contributed by atoms with Crippen LogP contribution < -0.4 is 5.73 Å². The molecule has 0 saturated carbocycles. The zero-order valence-corrected chi connectivity index (χ0v) is 5.70. The first kappa shape index (κ1) is 7.49. The molecule has 2 heterocycles. The van der Waals surface area contributed by atoms with E-state index in [4.69, 9.17) is 5.73 Å². The maximum absolute atomic E-state index is 5.38. The molecule has 0 saturated heterocycles. The van der Waals surface area contributed by atoms with Crippen LogP contribution in [0.2, 0.25) is 0 Å². The minimum Gasteiger partial charge on any atom is -0.412 e. The zero-order valence-electron chi connectivity index (χ0n) is 5.70. The number of imidazole rings is 1. The van der Waals surface area contributed by atoms with Crippen molar-refractivity contribution in [2.24, 2.45) is 0 Å². The van der Waals surface area contributed by atoms with E-state index in [0.717, 1.165) is 5.52 Å². The van der Waals surface area contributed by atoms with Gasteiger partial charge in [-0.05, 0) is 12.1 Å². The molecule has 0 aromatic carbocycles. The van der Waals surface area contributed by atoms with Crippen LogP contribution in [0.25, 0.3) is 11.2 Å². The van der Waals surface area contributed by atoms with Crippen molar-refractivity contribution in [2.45, 2.75) is 0 Å². The van der Waals surface area contributed by atoms with Crippen molar-refractivity contribution in [1.82, 2.24) is 15.0 Å². The zero-order chi connectivity index (χ0) is 6.97. The molecule has 0 unspecified atom stereocenters. The molecule has 2 aromatic rings. The largest absolute Gasteiger partial charge is 0.412 e. The van der Waals surface area contributed by atoms with Crippen LogP contribution in [-0.4, -0.2) is 20.4 Å². The summed E-state index contributed by atoms with van der Waals surface area (Å²) in [6.07, 6.45) is 1.68. The molecule has 5 nitrogen and oxygen atoms in total. The minimum atomic E-state index is 0. The fourth-order valence-electron chi connectivity index (χ4n) is 0.864. The summed E-state index contributed by atoms with van der Waals surface area (Å²) in [6.45, 7) is 0. The average molecular weight is 152 g/mol. The van der Waals surface area contributed by atoms with Crippen LogP contribution in [0.4, 0.5) is 5.95 Å². The van der Waals surface area contributed by atoms with Crippen LogP contribution in [0.3, 0.4) is 0 Å². The molecule has 58 valence electrons. The van der Waals surface area contributed by atoms with Crippen LogP contribution in [0.1, 0.15) is 0 Å². The number of fused-ring (bicyclic) bond motifs is 1. The Morgan fingerprint density at radius 1 is 1.45 bits per heavy atom. The summed E-state index contributed by atoms with van der Waals surface area (Å²) in [6, 6.07) is 3.71. The molecule has 0 fully saturated rings. The quantitative estimate of drug-likeness (QED) is 0.542. The van der Waals surface area contributed by atoms with E-state index in [1.165, 1.54) is 0 Å². The second-order valence-electron chi connectivity index (χ2n) is 2.00. The van der Waals surface area contributed by atoms with E-state index in [0.29, 0.717) is 11.6 Å². The molecule has 0 bridgehead atoms. The lowest BCUT2D eigenvalue weighted by Crippen LogP contribution is -1.84. The minimum absolute atomic E-state index is 0. The highest BCUT2D eigenvalue weighted by molar-refractivity contribution is 5.72. The van der Waals surface area contributed by atoms with Crippen molar-refractivity contribution in [2.75, 3.05) is 5.73 Å². The standard InChI is InChI=1S/C6H6N4.H2O/c7-6-9-4-2-1-3-8-5(4)10-6;/h1-3H,(H3,7,8,9,10);1H2. The highest BCUT2D eigenvalue weighted by atomic mass is 16.0. The summed E-state index contributed by atoms with van der Waals surface area (Å²) < 4.78 is 0. The Bertz CT molecular complexity index is 323. The lowest BCUT2D eigenvalue weighted by molar-refractivity contribution is 0.824. The monoisotopic (exact) mass is 152 g/mol. The average Bonchev–Trinajstić information content (AvgIpc) is 2.27. The van der Waals surface area contributed by atoms with Crippen LogP contribution in [0, 0.1) is 0 Å². The summed E-state index contributed by atoms with van der Waals surface area (Å²) in [7, 11) is 0. The van der Waals surface area contributed by atoms with Crippen molar-refractivity contribution >= 4 is 17.1 Å². The molecular formula is C6H8N4O. The van der Waals surface area contributed by atoms with E-state index in [9.17, 15) is 0 Å². The number of H-pyrrole nitrogens is 1. The number of nitrogens with one attached hydrogen (secondary N) is 1. The summed E-state index contributed by atoms with van der Waals surface area (Å²) in [5.41, 5.74) is 6.93. The van der Waals surface area contributed by atoms with Gasteiger partial charge in [0.05, 0.1) is 5.52 Å². The van der Waals surface area contributed by atoms with Gasteiger partial charge in [-0.3, -0.25) is 0 Å². The number of rotatable bonds is 0. The maximum Gasteiger partial charge on any atom is 0.200 e. The van der Waals surface area contributed by atoms with E-state index in [2.05, 4.69) is 15.0 Å². The smallest absolute Gasteiger partial charge is 0.200 e. The SMILES string of the molecule is Nc1nc2ncccc2[nH]1.O. The first-order valence-electron chi connectivity index (χ1n) is 2.92. The third kappa shape index (κ3) is 1.13. The van der Waals surface area contributed by atoms with Gasteiger partial charge < -0.3 is 16.2 Å². The van der Waals surface area contributed by atoms with Gasteiger partial charge in [-0.25, -0.2) is 4.98 Å². The Hall–Kier alpha value is -1.62. The molecule has 0 aliphatic carbocycles. The van der Waals surface area contributed by atoms with E-state index in [1.807, 2.05) is 12.1 Å². The number of nitrogens with two attached hydrogens (primary N) is 1. The van der Waals surface area contributed by atoms with Crippen molar-refractivity contribution in [1.29, 1.82) is 0 Å². The van der Waals surface area contributed by atoms with Gasteiger partial charge in [0.25, 0.3) is 0 Å². The molecule has 5 N–H and O–H groups in total. The predicted octanol–water partition coefficient (Wildman–Crippen LogP) is -0.285. The fraction of sp³-hybridized carbons (Fsp3) is 0. The van der Waals surface area contributed by atoms with Gasteiger partial charge in [0, 0.05) is 6.20 Å². The maximum atomic E-state index is 5.38. The second-order valence-corrected chi connectivity index (χ2v) is 2.00. The number of aromatic amines is 1. The number of anilines is 1. The summed E-state index contributed by atoms with van der Waals surface area (Å²) in [4.78, 5) is 10.8. The van der Waals surface area contributed by atoms with E-state index in [1.54, 1.807) is 6.20 Å². The summed E-state index contributed by atoms with van der Waals surface area (Å²) >= 11 is 0. The normalized spacial score (nSPS) is 9.45. The second kappa shape index (κ2) is 2.55. The Balaban J connectivity index is 0.000000605. The predicted molar refractivity (Wildman–Crippen MR) is 41.9 cm³/mol. The Morgan fingerprint density at radius 3 is 3.00 bits per heavy atom. The molecule has 2 aromatic heterocycles. The third-order valence-corrected chi connectivity index (χ3v) is 1.28. The Kier molecular flexibility index (Phi) is 1.74. The molecule has 11 heavy (non-hydrogen) atoms. The number of hydrogen-bond donors (Lipinski definition) is 2. The van der Waals surface area contributed by atoms with Crippen molar-refractivity contribution in [3.05, 3.63) is 18.3 Å². The third-order valence-electron chi connectivity index (χ3n) is 1.28. The van der Waals surface area contributed by atoms with Crippen LogP contribution in [0.15, 0.2) is 18.3 Å². The van der Waals surface area contributed by atoms with Crippen molar-refractivity contribution in [3.63, 3.8) is 0 Å². The number of aromatic nitrogens is 3. The fourth-order valence-corrected chi connectivity index (χ4v) is 0.864. The molecule has 0 radical (unpaired) electrons. The van der Waals surface area contributed by atoms with Crippen LogP contribution in [0.5, 0.6) is 0 Å². The first-order valence-corrected chi connectivity index (χ1v) is 2.92. The number of nitrogen functional groups attached to an aromatic ring is 1. The van der Waals surface area contributed by atoms with Crippen molar-refractivity contribution in [3.8, 4) is 0 Å². The molecule has 0 aliphatic rings. The lowest BCUT2D eigenvalue weighted by Gasteiger charge is -1.80. The van der Waals surface area contributed by atoms with E-state index in [-0.39, 0.29) is 5.48 Å². The molecule has 0 aliphatic heterocycles. The van der Waals surface area contributed by atoms with Gasteiger partial charge in [0.15, 0.2) is 11.6 Å². The van der Waals surface area contributed by atoms with E-state index >= 15 is 0 Å². The Morgan fingerprint density at radius 2 is 2.27 bits per heavy atom. The molecule has 2 rings (SSSR count). The van der Waals surface area contributed by atoms with Gasteiger partial charge in [-0.1, -0.05) is 0 Å². The number of pyridine rings is 1. The Labute approximate surface area is 62.6 Å². The summed E-state index contributed by atoms with van der Waals surface area (Å²) in [5, 5.41) is 0. The molecule has 5 heteroatoms. The van der Waals surface area contributed by atoms with Gasteiger partial charge in [0.1, 0.15) is 0 Å². The van der Waals surface area contributed by atoms with Gasteiger partial charge >= 0.3 is 0 Å². The highest BCUT2D eigenvalue weighted by Crippen LogP contribution is 2.06. The first-order chi connectivity index (χ1) is 4.86. The summed E-state index contributed by atoms with van der Waals surface area (Å²) in [5.74, 6) is 0.411.